The number of carbonyl (C=O) groups excluding carboxylic acids is 1. The summed E-state index contributed by atoms with van der Waals surface area (Å²) in [4.78, 5) is 12.3. The fourth-order valence-corrected chi connectivity index (χ4v) is 1.98. The summed E-state index contributed by atoms with van der Waals surface area (Å²) >= 11 is 0. The molecular weight excluding hydrogens is 288 g/mol. The number of nitrogens with one attached hydrogen (secondary N) is 1. The van der Waals surface area contributed by atoms with Crippen molar-refractivity contribution >= 4 is 11.6 Å². The van der Waals surface area contributed by atoms with Crippen LogP contribution in [-0.4, -0.2) is 18.2 Å². The van der Waals surface area contributed by atoms with Crippen LogP contribution in [-0.2, 0) is 0 Å². The number of para-hydroxylation sites is 1. The fraction of sp³-hybridized carbons (Fsp3) is 0.158. The molecule has 0 unspecified atom stereocenters. The summed E-state index contributed by atoms with van der Waals surface area (Å²) in [5.74, 6) is 0.198. The second-order valence-electron chi connectivity index (χ2n) is 5.10. The van der Waals surface area contributed by atoms with Gasteiger partial charge >= 0.3 is 0 Å². The molecule has 0 fully saturated rings. The van der Waals surface area contributed by atoms with Crippen LogP contribution in [0.15, 0.2) is 66.3 Å². The van der Waals surface area contributed by atoms with Crippen LogP contribution in [0.1, 0.15) is 28.4 Å². The van der Waals surface area contributed by atoms with Gasteiger partial charge in [0.05, 0.1) is 11.3 Å². The fourth-order valence-electron chi connectivity index (χ4n) is 1.98. The lowest BCUT2D eigenvalue weighted by Crippen LogP contribution is -2.20. The molecular formula is C19H20N2O2. The highest BCUT2D eigenvalue weighted by Crippen LogP contribution is 2.17. The van der Waals surface area contributed by atoms with E-state index in [9.17, 15) is 4.79 Å². The minimum Gasteiger partial charge on any atom is -0.489 e. The Hall–Kier alpha value is -2.88. The molecule has 0 aromatic heterocycles. The molecule has 2 aromatic rings. The molecule has 0 saturated carbocycles. The van der Waals surface area contributed by atoms with Crippen molar-refractivity contribution in [3.8, 4) is 5.75 Å². The Labute approximate surface area is 136 Å². The van der Waals surface area contributed by atoms with Crippen LogP contribution >= 0.6 is 0 Å². The average Bonchev–Trinajstić information content (AvgIpc) is 2.58. The van der Waals surface area contributed by atoms with Crippen LogP contribution in [0.3, 0.4) is 0 Å². The molecule has 0 saturated heterocycles. The van der Waals surface area contributed by atoms with E-state index in [1.807, 2.05) is 44.2 Å². The molecule has 0 aliphatic rings. The first-order valence-corrected chi connectivity index (χ1v) is 7.36. The first-order chi connectivity index (χ1) is 11.1. The quantitative estimate of drug-likeness (QED) is 0.502. The van der Waals surface area contributed by atoms with Gasteiger partial charge in [0.15, 0.2) is 0 Å². The summed E-state index contributed by atoms with van der Waals surface area (Å²) in [6, 6.07) is 15.0. The van der Waals surface area contributed by atoms with Crippen LogP contribution in [0.2, 0.25) is 0 Å². The third-order valence-electron chi connectivity index (χ3n) is 3.28. The summed E-state index contributed by atoms with van der Waals surface area (Å²) in [6.07, 6.45) is 1.63. The minimum atomic E-state index is -0.309. The molecule has 0 bridgehead atoms. The van der Waals surface area contributed by atoms with Gasteiger partial charge in [0.1, 0.15) is 12.4 Å². The zero-order valence-electron chi connectivity index (χ0n) is 13.4. The maximum absolute atomic E-state index is 12.3. The van der Waals surface area contributed by atoms with Gasteiger partial charge < -0.3 is 4.74 Å². The van der Waals surface area contributed by atoms with Crippen LogP contribution in [0.25, 0.3) is 0 Å². The smallest absolute Gasteiger partial charge is 0.275 e. The topological polar surface area (TPSA) is 50.7 Å². The number of hydrogen-bond acceptors (Lipinski definition) is 3. The average molecular weight is 308 g/mol. The summed E-state index contributed by atoms with van der Waals surface area (Å²) in [5.41, 5.74) is 5.89. The van der Waals surface area contributed by atoms with E-state index in [1.165, 1.54) is 5.56 Å². The Bertz CT molecular complexity index is 718. The molecule has 118 valence electrons. The van der Waals surface area contributed by atoms with Gasteiger partial charge in [0.2, 0.25) is 0 Å². The number of nitrogens with zero attached hydrogens (tertiary/aromatic N) is 1. The van der Waals surface area contributed by atoms with Crippen LogP contribution in [0.4, 0.5) is 0 Å². The molecule has 2 aromatic carbocycles. The maximum atomic E-state index is 12.3. The second kappa shape index (κ2) is 7.94. The molecule has 23 heavy (non-hydrogen) atoms. The predicted molar refractivity (Wildman–Crippen MR) is 93.0 cm³/mol. The Balaban J connectivity index is 2.11. The van der Waals surface area contributed by atoms with E-state index in [4.69, 9.17) is 4.74 Å². The highest BCUT2D eigenvalue weighted by Gasteiger charge is 2.11. The van der Waals surface area contributed by atoms with Crippen LogP contribution in [0.5, 0.6) is 5.75 Å². The number of carbonyl (C=O) groups is 1. The molecule has 0 aliphatic carbocycles. The molecule has 0 atom stereocenters. The lowest BCUT2D eigenvalue weighted by Gasteiger charge is -2.09. The SMILES string of the molecule is C=CCOc1ccccc1C(=O)N/N=C(\C)c1ccc(C)cc1. The lowest BCUT2D eigenvalue weighted by atomic mass is 10.1. The Morgan fingerprint density at radius 1 is 1.22 bits per heavy atom. The van der Waals surface area contributed by atoms with Crippen LogP contribution in [0, 0.1) is 6.92 Å². The molecule has 4 heteroatoms. The number of hydrogen-bond donors (Lipinski definition) is 1. The van der Waals surface area contributed by atoms with Gasteiger partial charge in [-0.2, -0.15) is 5.10 Å². The van der Waals surface area contributed by atoms with Crippen molar-refractivity contribution in [3.05, 3.63) is 77.9 Å². The number of benzene rings is 2. The van der Waals surface area contributed by atoms with Crippen molar-refractivity contribution in [2.45, 2.75) is 13.8 Å². The standard InChI is InChI=1S/C19H20N2O2/c1-4-13-23-18-8-6-5-7-17(18)19(22)21-20-15(3)16-11-9-14(2)10-12-16/h4-12H,1,13H2,2-3H3,(H,21,22)/b20-15+. The van der Waals surface area contributed by atoms with E-state index in [0.29, 0.717) is 17.9 Å². The van der Waals surface area contributed by atoms with Gasteiger partial charge in [0.25, 0.3) is 5.91 Å². The van der Waals surface area contributed by atoms with Gasteiger partial charge in [0, 0.05) is 0 Å². The van der Waals surface area contributed by atoms with E-state index < -0.39 is 0 Å². The van der Waals surface area contributed by atoms with E-state index in [0.717, 1.165) is 11.3 Å². The molecule has 0 heterocycles. The molecule has 1 N–H and O–H groups in total. The van der Waals surface area contributed by atoms with Gasteiger partial charge in [-0.15, -0.1) is 0 Å². The molecule has 2 rings (SSSR count). The van der Waals surface area contributed by atoms with E-state index in [-0.39, 0.29) is 5.91 Å². The maximum Gasteiger partial charge on any atom is 0.275 e. The Kier molecular flexibility index (Phi) is 5.69. The van der Waals surface area contributed by atoms with Crippen molar-refractivity contribution in [1.29, 1.82) is 0 Å². The molecule has 0 radical (unpaired) electrons. The van der Waals surface area contributed by atoms with Crippen molar-refractivity contribution in [2.24, 2.45) is 5.10 Å². The van der Waals surface area contributed by atoms with Crippen molar-refractivity contribution in [3.63, 3.8) is 0 Å². The molecule has 0 aliphatic heterocycles. The Morgan fingerprint density at radius 3 is 2.61 bits per heavy atom. The monoisotopic (exact) mass is 308 g/mol. The third-order valence-corrected chi connectivity index (χ3v) is 3.28. The van der Waals surface area contributed by atoms with Crippen molar-refractivity contribution < 1.29 is 9.53 Å². The zero-order chi connectivity index (χ0) is 16.7. The Morgan fingerprint density at radius 2 is 1.91 bits per heavy atom. The summed E-state index contributed by atoms with van der Waals surface area (Å²) in [6.45, 7) is 7.82. The van der Waals surface area contributed by atoms with Gasteiger partial charge in [-0.05, 0) is 31.5 Å². The third kappa shape index (κ3) is 4.54. The van der Waals surface area contributed by atoms with Gasteiger partial charge in [-0.25, -0.2) is 5.43 Å². The van der Waals surface area contributed by atoms with Crippen molar-refractivity contribution in [1.82, 2.24) is 5.43 Å². The highest BCUT2D eigenvalue weighted by atomic mass is 16.5. The summed E-state index contributed by atoms with van der Waals surface area (Å²) in [5, 5.41) is 4.16. The number of aryl methyl sites for hydroxylation is 1. The number of amides is 1. The number of ether oxygens (including phenoxy) is 1. The van der Waals surface area contributed by atoms with Gasteiger partial charge in [-0.3, -0.25) is 4.79 Å². The number of hydrazone groups is 1. The molecule has 1 amide bonds. The van der Waals surface area contributed by atoms with E-state index >= 15 is 0 Å². The first kappa shape index (κ1) is 16.5. The zero-order valence-corrected chi connectivity index (χ0v) is 13.4. The molecule has 0 spiro atoms. The van der Waals surface area contributed by atoms with E-state index in [1.54, 1.807) is 24.3 Å². The predicted octanol–water partition coefficient (Wildman–Crippen LogP) is 3.71. The van der Waals surface area contributed by atoms with Gasteiger partial charge in [-0.1, -0.05) is 54.6 Å². The summed E-state index contributed by atoms with van der Waals surface area (Å²) in [7, 11) is 0. The number of rotatable bonds is 6. The highest BCUT2D eigenvalue weighted by molar-refractivity contribution is 6.01. The second-order valence-corrected chi connectivity index (χ2v) is 5.10. The van der Waals surface area contributed by atoms with Crippen LogP contribution < -0.4 is 10.2 Å². The lowest BCUT2D eigenvalue weighted by molar-refractivity contribution is 0.0951. The largest absolute Gasteiger partial charge is 0.489 e. The van der Waals surface area contributed by atoms with E-state index in [2.05, 4.69) is 17.1 Å². The van der Waals surface area contributed by atoms with Crippen molar-refractivity contribution in [2.75, 3.05) is 6.61 Å². The normalized spacial score (nSPS) is 11.0. The summed E-state index contributed by atoms with van der Waals surface area (Å²) < 4.78 is 5.48. The first-order valence-electron chi connectivity index (χ1n) is 7.36. The molecule has 4 nitrogen and oxygen atoms in total. The minimum absolute atomic E-state index is 0.309.